The molecule has 0 spiro atoms. The third-order valence-electron chi connectivity index (χ3n) is 7.01. The van der Waals surface area contributed by atoms with E-state index < -0.39 is 0 Å². The quantitative estimate of drug-likeness (QED) is 0.542. The SMILES string of the molecule is Cc1cccc(C2c3cccn3-c3ccccc3N2C(=O)CN(C(=O)C2CCC2)C(C)C)c1. The van der Waals surface area contributed by atoms with Crippen LogP contribution in [-0.2, 0) is 9.59 Å². The summed E-state index contributed by atoms with van der Waals surface area (Å²) in [6.07, 6.45) is 5.02. The van der Waals surface area contributed by atoms with Gasteiger partial charge in [-0.2, -0.15) is 0 Å². The third kappa shape index (κ3) is 3.75. The molecule has 2 aliphatic rings. The summed E-state index contributed by atoms with van der Waals surface area (Å²) >= 11 is 0. The third-order valence-corrected chi connectivity index (χ3v) is 7.01. The van der Waals surface area contributed by atoms with Gasteiger partial charge in [-0.3, -0.25) is 14.5 Å². The molecule has 1 fully saturated rings. The first kappa shape index (κ1) is 21.5. The predicted octanol–water partition coefficient (Wildman–Crippen LogP) is 5.26. The highest BCUT2D eigenvalue weighted by molar-refractivity contribution is 6.00. The number of fused-ring (bicyclic) bond motifs is 3. The van der Waals surface area contributed by atoms with Crippen LogP contribution in [0.2, 0.25) is 0 Å². The van der Waals surface area contributed by atoms with Gasteiger partial charge in [0.25, 0.3) is 0 Å². The van der Waals surface area contributed by atoms with Crippen molar-refractivity contribution < 1.29 is 9.59 Å². The van der Waals surface area contributed by atoms with Crippen LogP contribution in [0.15, 0.2) is 66.9 Å². The van der Waals surface area contributed by atoms with Crippen molar-refractivity contribution in [2.24, 2.45) is 5.92 Å². The zero-order chi connectivity index (χ0) is 23.1. The molecule has 2 aromatic carbocycles. The number of aryl methyl sites for hydroxylation is 1. The summed E-state index contributed by atoms with van der Waals surface area (Å²) < 4.78 is 2.17. The number of hydrogen-bond acceptors (Lipinski definition) is 2. The average Bonchev–Trinajstić information content (AvgIpc) is 3.24. The van der Waals surface area contributed by atoms with Crippen LogP contribution in [0.5, 0.6) is 0 Å². The second-order valence-corrected chi connectivity index (χ2v) is 9.56. The molecule has 1 aliphatic heterocycles. The number of aromatic nitrogens is 1. The Hall–Kier alpha value is -3.34. The molecule has 1 aliphatic carbocycles. The van der Waals surface area contributed by atoms with E-state index in [-0.39, 0.29) is 36.4 Å². The van der Waals surface area contributed by atoms with E-state index in [2.05, 4.69) is 42.0 Å². The number of amides is 2. The zero-order valence-electron chi connectivity index (χ0n) is 19.6. The van der Waals surface area contributed by atoms with Crippen LogP contribution in [0.3, 0.4) is 0 Å². The number of carbonyl (C=O) groups is 2. The highest BCUT2D eigenvalue weighted by Gasteiger charge is 2.38. The smallest absolute Gasteiger partial charge is 0.247 e. The molecule has 5 rings (SSSR count). The topological polar surface area (TPSA) is 45.6 Å². The minimum Gasteiger partial charge on any atom is -0.331 e. The predicted molar refractivity (Wildman–Crippen MR) is 130 cm³/mol. The van der Waals surface area contributed by atoms with Crippen molar-refractivity contribution in [3.63, 3.8) is 0 Å². The molecule has 1 unspecified atom stereocenters. The van der Waals surface area contributed by atoms with E-state index in [0.29, 0.717) is 0 Å². The number of para-hydroxylation sites is 2. The summed E-state index contributed by atoms with van der Waals surface area (Å²) in [7, 11) is 0. The summed E-state index contributed by atoms with van der Waals surface area (Å²) in [5.74, 6) is 0.131. The van der Waals surface area contributed by atoms with E-state index in [0.717, 1.165) is 47.5 Å². The normalized spacial score (nSPS) is 17.3. The van der Waals surface area contributed by atoms with Gasteiger partial charge < -0.3 is 9.47 Å². The molecule has 170 valence electrons. The molecule has 0 saturated heterocycles. The minimum atomic E-state index is -0.255. The van der Waals surface area contributed by atoms with E-state index >= 15 is 0 Å². The Labute approximate surface area is 195 Å². The lowest BCUT2D eigenvalue weighted by Gasteiger charge is -2.41. The van der Waals surface area contributed by atoms with Gasteiger partial charge in [-0.25, -0.2) is 0 Å². The van der Waals surface area contributed by atoms with E-state index in [1.54, 1.807) is 4.90 Å². The van der Waals surface area contributed by atoms with Crippen LogP contribution >= 0.6 is 0 Å². The van der Waals surface area contributed by atoms with E-state index in [9.17, 15) is 9.59 Å². The lowest BCUT2D eigenvalue weighted by atomic mass is 9.84. The summed E-state index contributed by atoms with van der Waals surface area (Å²) in [4.78, 5) is 30.8. The minimum absolute atomic E-state index is 0.0247. The maximum Gasteiger partial charge on any atom is 0.247 e. The molecule has 0 radical (unpaired) electrons. The molecule has 5 nitrogen and oxygen atoms in total. The molecule has 1 saturated carbocycles. The van der Waals surface area contributed by atoms with E-state index in [1.165, 1.54) is 0 Å². The molecule has 5 heteroatoms. The summed E-state index contributed by atoms with van der Waals surface area (Å²) in [6, 6.07) is 20.2. The molecule has 33 heavy (non-hydrogen) atoms. The monoisotopic (exact) mass is 441 g/mol. The Morgan fingerprint density at radius 1 is 1.00 bits per heavy atom. The van der Waals surface area contributed by atoms with Crippen molar-refractivity contribution in [3.8, 4) is 5.69 Å². The van der Waals surface area contributed by atoms with Crippen LogP contribution < -0.4 is 4.90 Å². The van der Waals surface area contributed by atoms with Crippen molar-refractivity contribution in [1.29, 1.82) is 0 Å². The second-order valence-electron chi connectivity index (χ2n) is 9.56. The number of benzene rings is 2. The van der Waals surface area contributed by atoms with Crippen LogP contribution in [0.1, 0.15) is 56.0 Å². The number of anilines is 1. The Kier molecular flexibility index (Phi) is 5.57. The molecule has 2 heterocycles. The molecule has 0 bridgehead atoms. The molecule has 3 aromatic rings. The standard InChI is InChI=1S/C28H31N3O2/c1-19(2)30(28(33)21-10-7-11-21)18-26(32)31-24-14-5-4-13-23(24)29-16-8-15-25(29)27(31)22-12-6-9-20(3)17-22/h4-6,8-9,12-17,19,21,27H,7,10-11,18H2,1-3H3. The van der Waals surface area contributed by atoms with Crippen molar-refractivity contribution in [2.75, 3.05) is 11.4 Å². The van der Waals surface area contributed by atoms with Crippen LogP contribution in [-0.4, -0.2) is 33.9 Å². The Morgan fingerprint density at radius 2 is 1.76 bits per heavy atom. The Bertz CT molecular complexity index is 1190. The highest BCUT2D eigenvalue weighted by atomic mass is 16.2. The molecule has 1 aromatic heterocycles. The fourth-order valence-electron chi connectivity index (χ4n) is 5.04. The van der Waals surface area contributed by atoms with Crippen molar-refractivity contribution in [3.05, 3.63) is 83.7 Å². The van der Waals surface area contributed by atoms with Crippen LogP contribution in [0, 0.1) is 12.8 Å². The van der Waals surface area contributed by atoms with Crippen LogP contribution in [0.4, 0.5) is 5.69 Å². The Balaban J connectivity index is 1.58. The molecule has 2 amide bonds. The highest BCUT2D eigenvalue weighted by Crippen LogP contribution is 2.42. The summed E-state index contributed by atoms with van der Waals surface area (Å²) in [6.45, 7) is 6.15. The summed E-state index contributed by atoms with van der Waals surface area (Å²) in [5, 5.41) is 0. The molecular weight excluding hydrogens is 410 g/mol. The van der Waals surface area contributed by atoms with Gasteiger partial charge in [-0.1, -0.05) is 48.4 Å². The first-order chi connectivity index (χ1) is 16.0. The van der Waals surface area contributed by atoms with Gasteiger partial charge in [0.05, 0.1) is 17.1 Å². The van der Waals surface area contributed by atoms with E-state index in [4.69, 9.17) is 0 Å². The fourth-order valence-corrected chi connectivity index (χ4v) is 5.04. The number of hydrogen-bond donors (Lipinski definition) is 0. The number of nitrogens with zero attached hydrogens (tertiary/aromatic N) is 3. The van der Waals surface area contributed by atoms with Crippen molar-refractivity contribution in [1.82, 2.24) is 9.47 Å². The van der Waals surface area contributed by atoms with Crippen molar-refractivity contribution in [2.45, 2.75) is 52.1 Å². The number of rotatable bonds is 5. The van der Waals surface area contributed by atoms with Crippen molar-refractivity contribution >= 4 is 17.5 Å². The second kappa shape index (κ2) is 8.54. The van der Waals surface area contributed by atoms with E-state index in [1.807, 2.05) is 55.1 Å². The molecule has 0 N–H and O–H groups in total. The first-order valence-corrected chi connectivity index (χ1v) is 11.9. The van der Waals surface area contributed by atoms with Gasteiger partial charge in [-0.15, -0.1) is 0 Å². The lowest BCUT2D eigenvalue weighted by Crippen LogP contribution is -2.50. The van der Waals surface area contributed by atoms with Gasteiger partial charge in [0, 0.05) is 18.2 Å². The van der Waals surface area contributed by atoms with Gasteiger partial charge in [0.1, 0.15) is 12.6 Å². The van der Waals surface area contributed by atoms with Gasteiger partial charge >= 0.3 is 0 Å². The Morgan fingerprint density at radius 3 is 2.42 bits per heavy atom. The maximum absolute atomic E-state index is 14.0. The van der Waals surface area contributed by atoms with Gasteiger partial charge in [0.15, 0.2) is 0 Å². The van der Waals surface area contributed by atoms with Crippen LogP contribution in [0.25, 0.3) is 5.69 Å². The zero-order valence-corrected chi connectivity index (χ0v) is 19.6. The first-order valence-electron chi connectivity index (χ1n) is 11.9. The van der Waals surface area contributed by atoms with Gasteiger partial charge in [0.2, 0.25) is 11.8 Å². The molecule has 1 atom stereocenters. The fraction of sp³-hybridized carbons (Fsp3) is 0.357. The molecular formula is C28H31N3O2. The number of carbonyl (C=O) groups excluding carboxylic acids is 2. The average molecular weight is 442 g/mol. The largest absolute Gasteiger partial charge is 0.331 e. The van der Waals surface area contributed by atoms with Gasteiger partial charge in [-0.05, 0) is 63.4 Å². The lowest BCUT2D eigenvalue weighted by molar-refractivity contribution is -0.143. The summed E-state index contributed by atoms with van der Waals surface area (Å²) in [5.41, 5.74) is 5.13. The maximum atomic E-state index is 14.0.